The first kappa shape index (κ1) is 29.9. The van der Waals surface area contributed by atoms with Gasteiger partial charge in [0.05, 0.1) is 39.4 Å². The lowest BCUT2D eigenvalue weighted by Gasteiger charge is -2.34. The molecule has 41 heavy (non-hydrogen) atoms. The number of anilines is 1. The maximum atomic E-state index is 13.4. The molecule has 0 aromatic heterocycles. The number of piperazine rings is 1. The summed E-state index contributed by atoms with van der Waals surface area (Å²) in [6.45, 7) is 3.69. The highest BCUT2D eigenvalue weighted by atomic mass is 32.2. The summed E-state index contributed by atoms with van der Waals surface area (Å²) in [5, 5.41) is 18.1. The van der Waals surface area contributed by atoms with Crippen molar-refractivity contribution in [2.24, 2.45) is 0 Å². The van der Waals surface area contributed by atoms with Gasteiger partial charge in [-0.1, -0.05) is 6.07 Å². The number of imide groups is 1. The summed E-state index contributed by atoms with van der Waals surface area (Å²) in [4.78, 5) is 28.7. The van der Waals surface area contributed by atoms with Gasteiger partial charge in [-0.05, 0) is 69.1 Å². The summed E-state index contributed by atoms with van der Waals surface area (Å²) in [6, 6.07) is 12.0. The smallest absolute Gasteiger partial charge is 0.301 e. The summed E-state index contributed by atoms with van der Waals surface area (Å²) in [6.07, 6.45) is -3.36. The number of carbonyl (C=O) groups excluding carboxylic acids is 2. The summed E-state index contributed by atoms with van der Waals surface area (Å²) in [5.41, 5.74) is -1.38. The van der Waals surface area contributed by atoms with E-state index in [4.69, 9.17) is 10.5 Å². The number of hydrogen-bond donors (Lipinski definition) is 0. The molecule has 2 aliphatic rings. The molecule has 2 aromatic carbocycles. The molecule has 13 heteroatoms. The van der Waals surface area contributed by atoms with E-state index in [2.05, 4.69) is 4.90 Å². The molecule has 9 nitrogen and oxygen atoms in total. The van der Waals surface area contributed by atoms with Gasteiger partial charge in [-0.2, -0.15) is 28.0 Å². The number of unbranched alkanes of at least 4 members (excludes halogenated alkanes) is 1. The molecular formula is C28H26F3N5O4S. The van der Waals surface area contributed by atoms with E-state index in [0.717, 1.165) is 12.1 Å². The number of hydrogen-bond acceptors (Lipinski definition) is 7. The van der Waals surface area contributed by atoms with E-state index in [0.29, 0.717) is 43.4 Å². The predicted molar refractivity (Wildman–Crippen MR) is 142 cm³/mol. The molecule has 1 saturated heterocycles. The van der Waals surface area contributed by atoms with Crippen LogP contribution in [0.4, 0.5) is 18.9 Å². The van der Waals surface area contributed by atoms with Crippen LogP contribution < -0.4 is 4.90 Å². The van der Waals surface area contributed by atoms with E-state index in [1.54, 1.807) is 0 Å². The highest BCUT2D eigenvalue weighted by Gasteiger charge is 2.39. The quantitative estimate of drug-likeness (QED) is 0.341. The first-order valence-corrected chi connectivity index (χ1v) is 14.2. The zero-order chi connectivity index (χ0) is 29.9. The fraction of sp³-hybridized carbons (Fsp3) is 0.357. The standard InChI is InChI=1S/C28H26F3N5O4S/c1-19-24(27(38)36(26(19)37)22-9-8-21(18-33)25(16-22)28(29,30)31)7-2-3-10-34-11-13-35(14-12-34)41(39,40)23-6-4-5-20(15-23)17-32/h4-6,8-9,15-16H,2-3,7,10-14H2,1H3. The van der Waals surface area contributed by atoms with Crippen molar-refractivity contribution in [3.05, 3.63) is 70.3 Å². The minimum atomic E-state index is -4.82. The number of rotatable bonds is 8. The number of nitriles is 2. The Bertz CT molecular complexity index is 1600. The second-order valence-corrected chi connectivity index (χ2v) is 11.7. The Balaban J connectivity index is 1.31. The predicted octanol–water partition coefficient (Wildman–Crippen LogP) is 3.82. The minimum absolute atomic E-state index is 0.0779. The van der Waals surface area contributed by atoms with Gasteiger partial charge in [-0.25, -0.2) is 13.3 Å². The molecule has 0 unspecified atom stereocenters. The Morgan fingerprint density at radius 1 is 0.927 bits per heavy atom. The third-order valence-corrected chi connectivity index (χ3v) is 9.10. The molecule has 0 bridgehead atoms. The number of amides is 2. The van der Waals surface area contributed by atoms with Gasteiger partial charge < -0.3 is 4.90 Å². The van der Waals surface area contributed by atoms with Crippen molar-refractivity contribution in [2.75, 3.05) is 37.6 Å². The molecule has 0 spiro atoms. The number of alkyl halides is 3. The Hall–Kier alpha value is -4.04. The zero-order valence-corrected chi connectivity index (χ0v) is 22.9. The largest absolute Gasteiger partial charge is 0.417 e. The van der Waals surface area contributed by atoms with E-state index >= 15 is 0 Å². The van der Waals surface area contributed by atoms with Crippen LogP contribution in [-0.2, 0) is 25.8 Å². The first-order chi connectivity index (χ1) is 19.4. The zero-order valence-electron chi connectivity index (χ0n) is 22.1. The number of sulfonamides is 1. The Labute approximate surface area is 235 Å². The van der Waals surface area contributed by atoms with Crippen LogP contribution in [0.3, 0.4) is 0 Å². The average molecular weight is 586 g/mol. The van der Waals surface area contributed by atoms with Gasteiger partial charge in [0, 0.05) is 37.3 Å². The summed E-state index contributed by atoms with van der Waals surface area (Å²) >= 11 is 0. The van der Waals surface area contributed by atoms with Crippen molar-refractivity contribution in [1.82, 2.24) is 9.21 Å². The van der Waals surface area contributed by atoms with Crippen molar-refractivity contribution in [3.63, 3.8) is 0 Å². The maximum Gasteiger partial charge on any atom is 0.417 e. The van der Waals surface area contributed by atoms with Gasteiger partial charge in [-0.15, -0.1) is 0 Å². The van der Waals surface area contributed by atoms with Crippen LogP contribution in [0.15, 0.2) is 58.5 Å². The van der Waals surface area contributed by atoms with Crippen molar-refractivity contribution in [1.29, 1.82) is 10.5 Å². The number of benzene rings is 2. The van der Waals surface area contributed by atoms with Gasteiger partial charge in [0.15, 0.2) is 0 Å². The third kappa shape index (κ3) is 6.17. The van der Waals surface area contributed by atoms with Crippen LogP contribution in [-0.4, -0.2) is 62.2 Å². The molecule has 0 radical (unpaired) electrons. The Morgan fingerprint density at radius 3 is 2.27 bits per heavy atom. The summed E-state index contributed by atoms with van der Waals surface area (Å²) < 4.78 is 67.5. The van der Waals surface area contributed by atoms with E-state index in [-0.39, 0.29) is 46.8 Å². The van der Waals surface area contributed by atoms with Crippen molar-refractivity contribution >= 4 is 27.5 Å². The Kier molecular flexibility index (Phi) is 8.63. The molecule has 0 saturated carbocycles. The number of carbonyl (C=O) groups is 2. The molecule has 1 fully saturated rings. The van der Waals surface area contributed by atoms with Gasteiger partial charge in [0.25, 0.3) is 11.8 Å². The topological polar surface area (TPSA) is 126 Å². The molecule has 2 aromatic rings. The molecule has 0 atom stereocenters. The van der Waals surface area contributed by atoms with Gasteiger partial charge in [0.2, 0.25) is 10.0 Å². The normalized spacial score (nSPS) is 17.2. The van der Waals surface area contributed by atoms with Crippen LogP contribution >= 0.6 is 0 Å². The van der Waals surface area contributed by atoms with Crippen molar-refractivity contribution in [2.45, 2.75) is 37.3 Å². The first-order valence-electron chi connectivity index (χ1n) is 12.8. The Morgan fingerprint density at radius 2 is 1.63 bits per heavy atom. The van der Waals surface area contributed by atoms with Crippen LogP contribution in [0.1, 0.15) is 42.9 Å². The molecule has 214 valence electrons. The molecule has 4 rings (SSSR count). The van der Waals surface area contributed by atoms with E-state index in [9.17, 15) is 31.2 Å². The summed E-state index contributed by atoms with van der Waals surface area (Å²) in [7, 11) is -3.72. The molecule has 0 N–H and O–H groups in total. The average Bonchev–Trinajstić information content (AvgIpc) is 3.17. The van der Waals surface area contributed by atoms with Crippen LogP contribution in [0.2, 0.25) is 0 Å². The minimum Gasteiger partial charge on any atom is -0.301 e. The third-order valence-electron chi connectivity index (χ3n) is 7.21. The second-order valence-electron chi connectivity index (χ2n) is 9.73. The lowest BCUT2D eigenvalue weighted by atomic mass is 10.0. The lowest BCUT2D eigenvalue weighted by Crippen LogP contribution is -2.48. The van der Waals surface area contributed by atoms with E-state index in [1.165, 1.54) is 41.6 Å². The van der Waals surface area contributed by atoms with Crippen LogP contribution in [0, 0.1) is 22.7 Å². The second kappa shape index (κ2) is 11.8. The maximum absolute atomic E-state index is 13.4. The lowest BCUT2D eigenvalue weighted by molar-refractivity contribution is -0.138. The highest BCUT2D eigenvalue weighted by Crippen LogP contribution is 2.37. The van der Waals surface area contributed by atoms with E-state index in [1.807, 2.05) is 6.07 Å². The van der Waals surface area contributed by atoms with Crippen LogP contribution in [0.25, 0.3) is 0 Å². The highest BCUT2D eigenvalue weighted by molar-refractivity contribution is 7.89. The number of nitrogens with zero attached hydrogens (tertiary/aromatic N) is 5. The SMILES string of the molecule is CC1=C(CCCCN2CCN(S(=O)(=O)c3cccc(C#N)c3)CC2)C(=O)N(c2ccc(C#N)c(C(F)(F)F)c2)C1=O. The molecule has 0 aliphatic carbocycles. The number of halogens is 3. The van der Waals surface area contributed by atoms with Crippen molar-refractivity contribution < 1.29 is 31.2 Å². The molecule has 2 aliphatic heterocycles. The molecule has 2 heterocycles. The fourth-order valence-electron chi connectivity index (χ4n) is 4.92. The van der Waals surface area contributed by atoms with Crippen molar-refractivity contribution in [3.8, 4) is 12.1 Å². The molecule has 2 amide bonds. The van der Waals surface area contributed by atoms with E-state index < -0.39 is 39.1 Å². The summed E-state index contributed by atoms with van der Waals surface area (Å²) in [5.74, 6) is -1.37. The van der Waals surface area contributed by atoms with Gasteiger partial charge >= 0.3 is 6.18 Å². The molecular weight excluding hydrogens is 559 g/mol. The monoisotopic (exact) mass is 585 g/mol. The fourth-order valence-corrected chi connectivity index (χ4v) is 6.39. The van der Waals surface area contributed by atoms with Gasteiger partial charge in [-0.3, -0.25) is 9.59 Å². The van der Waals surface area contributed by atoms with Gasteiger partial charge in [0.1, 0.15) is 0 Å². The van der Waals surface area contributed by atoms with Crippen LogP contribution in [0.5, 0.6) is 0 Å².